The number of ether oxygens (including phenoxy) is 3. The smallest absolute Gasteiger partial charge is 0.224 e. The molecule has 6 heteroatoms. The SMILES string of the molecule is COc1ccc(C2=Cc3ccc(N4CCNCC4C)cc3OC2O)cc1OC. The van der Waals surface area contributed by atoms with Crippen LogP contribution in [0.3, 0.4) is 0 Å². The summed E-state index contributed by atoms with van der Waals surface area (Å²) >= 11 is 0. The zero-order valence-corrected chi connectivity index (χ0v) is 16.4. The van der Waals surface area contributed by atoms with Crippen molar-refractivity contribution in [2.24, 2.45) is 0 Å². The fourth-order valence-corrected chi connectivity index (χ4v) is 3.81. The van der Waals surface area contributed by atoms with E-state index in [9.17, 15) is 5.11 Å². The molecule has 148 valence electrons. The fraction of sp³-hybridized carbons (Fsp3) is 0.364. The summed E-state index contributed by atoms with van der Waals surface area (Å²) < 4.78 is 16.5. The van der Waals surface area contributed by atoms with Gasteiger partial charge in [0.15, 0.2) is 11.5 Å². The highest BCUT2D eigenvalue weighted by atomic mass is 16.6. The third-order valence-corrected chi connectivity index (χ3v) is 5.36. The number of rotatable bonds is 4. The van der Waals surface area contributed by atoms with E-state index in [1.165, 1.54) is 0 Å². The Hall–Kier alpha value is -2.70. The van der Waals surface area contributed by atoms with Crippen LogP contribution in [0.15, 0.2) is 36.4 Å². The van der Waals surface area contributed by atoms with Crippen LogP contribution < -0.4 is 24.4 Å². The maximum absolute atomic E-state index is 10.6. The Labute approximate surface area is 165 Å². The predicted molar refractivity (Wildman–Crippen MR) is 110 cm³/mol. The summed E-state index contributed by atoms with van der Waals surface area (Å²) in [6, 6.07) is 12.2. The predicted octanol–water partition coefficient (Wildman–Crippen LogP) is 2.75. The van der Waals surface area contributed by atoms with Gasteiger partial charge >= 0.3 is 0 Å². The zero-order chi connectivity index (χ0) is 19.7. The van der Waals surface area contributed by atoms with E-state index in [4.69, 9.17) is 14.2 Å². The lowest BCUT2D eigenvalue weighted by Crippen LogP contribution is -2.49. The van der Waals surface area contributed by atoms with Crippen molar-refractivity contribution in [3.63, 3.8) is 0 Å². The normalized spacial score (nSPS) is 21.4. The summed E-state index contributed by atoms with van der Waals surface area (Å²) in [5.41, 5.74) is 3.58. The van der Waals surface area contributed by atoms with Crippen LogP contribution in [-0.2, 0) is 0 Å². The van der Waals surface area contributed by atoms with Gasteiger partial charge in [0.2, 0.25) is 6.29 Å². The molecule has 2 unspecified atom stereocenters. The van der Waals surface area contributed by atoms with Crippen LogP contribution in [-0.4, -0.2) is 51.3 Å². The number of nitrogens with one attached hydrogen (secondary N) is 1. The Morgan fingerprint density at radius 1 is 1.11 bits per heavy atom. The lowest BCUT2D eigenvalue weighted by molar-refractivity contribution is 0.0320. The summed E-state index contributed by atoms with van der Waals surface area (Å²) in [5.74, 6) is 1.95. The minimum Gasteiger partial charge on any atom is -0.493 e. The molecule has 0 radical (unpaired) electrons. The number of benzene rings is 2. The van der Waals surface area contributed by atoms with E-state index in [0.29, 0.717) is 28.9 Å². The van der Waals surface area contributed by atoms with Crippen molar-refractivity contribution in [2.75, 3.05) is 38.8 Å². The molecule has 0 aromatic heterocycles. The van der Waals surface area contributed by atoms with Crippen molar-refractivity contribution < 1.29 is 19.3 Å². The Morgan fingerprint density at radius 2 is 1.93 bits per heavy atom. The number of piperazine rings is 1. The van der Waals surface area contributed by atoms with Gasteiger partial charge in [0.25, 0.3) is 0 Å². The standard InChI is InChI=1S/C22H26N2O4/c1-14-13-23-8-9-24(14)17-6-4-16-10-18(22(25)28-20(16)12-17)15-5-7-19(26-2)21(11-15)27-3/h4-7,10-12,14,22-23,25H,8-9,13H2,1-3H3. The van der Waals surface area contributed by atoms with Crippen LogP contribution in [0, 0.1) is 0 Å². The largest absolute Gasteiger partial charge is 0.493 e. The molecule has 0 saturated carbocycles. The second kappa shape index (κ2) is 7.73. The topological polar surface area (TPSA) is 63.2 Å². The number of methoxy groups -OCH3 is 2. The van der Waals surface area contributed by atoms with E-state index >= 15 is 0 Å². The summed E-state index contributed by atoms with van der Waals surface area (Å²) in [6.45, 7) is 5.09. The third kappa shape index (κ3) is 3.41. The van der Waals surface area contributed by atoms with E-state index < -0.39 is 6.29 Å². The van der Waals surface area contributed by atoms with E-state index in [1.54, 1.807) is 14.2 Å². The van der Waals surface area contributed by atoms with Crippen LogP contribution in [0.2, 0.25) is 0 Å². The van der Waals surface area contributed by atoms with Gasteiger partial charge in [-0.1, -0.05) is 6.07 Å². The Balaban J connectivity index is 1.67. The molecule has 28 heavy (non-hydrogen) atoms. The van der Waals surface area contributed by atoms with Crippen molar-refractivity contribution in [2.45, 2.75) is 19.3 Å². The van der Waals surface area contributed by atoms with Gasteiger partial charge in [-0.25, -0.2) is 0 Å². The molecule has 2 aliphatic rings. The van der Waals surface area contributed by atoms with Gasteiger partial charge in [0.1, 0.15) is 5.75 Å². The average molecular weight is 382 g/mol. The van der Waals surface area contributed by atoms with Gasteiger partial charge < -0.3 is 29.5 Å². The molecular weight excluding hydrogens is 356 g/mol. The number of nitrogens with zero attached hydrogens (tertiary/aromatic N) is 1. The van der Waals surface area contributed by atoms with Gasteiger partial charge in [-0.3, -0.25) is 0 Å². The first-order chi connectivity index (χ1) is 13.6. The van der Waals surface area contributed by atoms with E-state index in [-0.39, 0.29) is 0 Å². The quantitative estimate of drug-likeness (QED) is 0.848. The van der Waals surface area contributed by atoms with Crippen LogP contribution in [0.5, 0.6) is 17.2 Å². The summed E-state index contributed by atoms with van der Waals surface area (Å²) in [7, 11) is 3.19. The number of hydrogen-bond donors (Lipinski definition) is 2. The highest BCUT2D eigenvalue weighted by Gasteiger charge is 2.25. The summed E-state index contributed by atoms with van der Waals surface area (Å²) in [4.78, 5) is 2.36. The highest BCUT2D eigenvalue weighted by Crippen LogP contribution is 2.38. The molecule has 2 aromatic rings. The lowest BCUT2D eigenvalue weighted by Gasteiger charge is -2.36. The summed E-state index contributed by atoms with van der Waals surface area (Å²) in [5, 5.41) is 14.0. The van der Waals surface area contributed by atoms with Crippen molar-refractivity contribution in [1.82, 2.24) is 5.32 Å². The molecule has 4 rings (SSSR count). The number of aliphatic hydroxyl groups is 1. The Kier molecular flexibility index (Phi) is 5.15. The van der Waals surface area contributed by atoms with E-state index in [1.807, 2.05) is 36.4 Å². The minimum atomic E-state index is -1.04. The monoisotopic (exact) mass is 382 g/mol. The van der Waals surface area contributed by atoms with E-state index in [2.05, 4.69) is 23.2 Å². The minimum absolute atomic E-state index is 0.415. The van der Waals surface area contributed by atoms with Gasteiger partial charge in [-0.15, -0.1) is 0 Å². The summed E-state index contributed by atoms with van der Waals surface area (Å²) in [6.07, 6.45) is 0.928. The molecule has 1 fully saturated rings. The molecule has 0 amide bonds. The maximum atomic E-state index is 10.6. The first kappa shape index (κ1) is 18.7. The van der Waals surface area contributed by atoms with Crippen molar-refractivity contribution in [3.05, 3.63) is 47.5 Å². The maximum Gasteiger partial charge on any atom is 0.224 e. The molecular formula is C22H26N2O4. The van der Waals surface area contributed by atoms with Gasteiger partial charge in [0, 0.05) is 48.6 Å². The Bertz CT molecular complexity index is 896. The molecule has 2 atom stereocenters. The molecule has 1 saturated heterocycles. The molecule has 6 nitrogen and oxygen atoms in total. The molecule has 0 bridgehead atoms. The van der Waals surface area contributed by atoms with Crippen molar-refractivity contribution >= 4 is 17.3 Å². The van der Waals surface area contributed by atoms with Gasteiger partial charge in [0.05, 0.1) is 14.2 Å². The molecule has 2 aliphatic heterocycles. The molecule has 0 spiro atoms. The molecule has 2 aromatic carbocycles. The lowest BCUT2D eigenvalue weighted by atomic mass is 9.98. The highest BCUT2D eigenvalue weighted by molar-refractivity contribution is 5.87. The van der Waals surface area contributed by atoms with Gasteiger partial charge in [-0.2, -0.15) is 0 Å². The van der Waals surface area contributed by atoms with Crippen molar-refractivity contribution in [3.8, 4) is 17.2 Å². The first-order valence-electron chi connectivity index (χ1n) is 9.51. The second-order valence-electron chi connectivity index (χ2n) is 7.11. The van der Waals surface area contributed by atoms with Crippen LogP contribution in [0.4, 0.5) is 5.69 Å². The number of fused-ring (bicyclic) bond motifs is 1. The van der Waals surface area contributed by atoms with Crippen LogP contribution in [0.1, 0.15) is 18.1 Å². The van der Waals surface area contributed by atoms with Crippen LogP contribution >= 0.6 is 0 Å². The van der Waals surface area contributed by atoms with Crippen LogP contribution in [0.25, 0.3) is 11.6 Å². The number of anilines is 1. The molecule has 2 heterocycles. The average Bonchev–Trinajstić information content (AvgIpc) is 2.72. The van der Waals surface area contributed by atoms with Gasteiger partial charge in [-0.05, 0) is 42.8 Å². The second-order valence-corrected chi connectivity index (χ2v) is 7.11. The molecule has 0 aliphatic carbocycles. The Morgan fingerprint density at radius 3 is 2.68 bits per heavy atom. The number of aliphatic hydroxyl groups excluding tert-OH is 1. The first-order valence-corrected chi connectivity index (χ1v) is 9.51. The number of hydrogen-bond acceptors (Lipinski definition) is 6. The zero-order valence-electron chi connectivity index (χ0n) is 16.4. The third-order valence-electron chi connectivity index (χ3n) is 5.36. The fourth-order valence-electron chi connectivity index (χ4n) is 3.81. The van der Waals surface area contributed by atoms with Crippen molar-refractivity contribution in [1.29, 1.82) is 0 Å². The molecule has 2 N–H and O–H groups in total. The van der Waals surface area contributed by atoms with E-state index in [0.717, 1.165) is 36.4 Å².